The lowest BCUT2D eigenvalue weighted by atomic mass is 9.98. The van der Waals surface area contributed by atoms with E-state index in [0.717, 1.165) is 13.2 Å². The molecule has 4 heteroatoms. The number of esters is 1. The van der Waals surface area contributed by atoms with Gasteiger partial charge in [0.25, 0.3) is 0 Å². The van der Waals surface area contributed by atoms with Gasteiger partial charge in [0.1, 0.15) is 0 Å². The molecule has 0 spiro atoms. The minimum absolute atomic E-state index is 0.268. The lowest BCUT2D eigenvalue weighted by Crippen LogP contribution is -2.24. The SMILES string of the molecule is COC(=O)C(C)=CCNCCOC1CCCCC1. The summed E-state index contributed by atoms with van der Waals surface area (Å²) in [6.07, 6.45) is 8.69. The van der Waals surface area contributed by atoms with Crippen LogP contribution in [-0.2, 0) is 14.3 Å². The highest BCUT2D eigenvalue weighted by Gasteiger charge is 2.12. The maximum absolute atomic E-state index is 11.1. The van der Waals surface area contributed by atoms with Crippen molar-refractivity contribution in [2.45, 2.75) is 45.1 Å². The first kappa shape index (κ1) is 15.2. The van der Waals surface area contributed by atoms with Crippen LogP contribution >= 0.6 is 0 Å². The van der Waals surface area contributed by atoms with Crippen molar-refractivity contribution in [1.82, 2.24) is 5.32 Å². The Bertz CT molecular complexity index is 270. The third-order valence-corrected chi connectivity index (χ3v) is 3.24. The first-order valence-corrected chi connectivity index (χ1v) is 6.81. The topological polar surface area (TPSA) is 47.6 Å². The van der Waals surface area contributed by atoms with E-state index in [4.69, 9.17) is 4.74 Å². The number of methoxy groups -OCH3 is 1. The Morgan fingerprint density at radius 1 is 1.33 bits per heavy atom. The van der Waals surface area contributed by atoms with Gasteiger partial charge < -0.3 is 14.8 Å². The highest BCUT2D eigenvalue weighted by Crippen LogP contribution is 2.19. The van der Waals surface area contributed by atoms with Crippen molar-refractivity contribution >= 4 is 5.97 Å². The highest BCUT2D eigenvalue weighted by molar-refractivity contribution is 5.87. The molecule has 1 aliphatic rings. The second-order valence-electron chi connectivity index (χ2n) is 4.71. The van der Waals surface area contributed by atoms with Crippen molar-refractivity contribution in [2.24, 2.45) is 0 Å². The first-order chi connectivity index (χ1) is 8.74. The largest absolute Gasteiger partial charge is 0.466 e. The van der Waals surface area contributed by atoms with Gasteiger partial charge in [0.2, 0.25) is 0 Å². The molecule has 0 atom stereocenters. The fourth-order valence-electron chi connectivity index (χ4n) is 2.10. The molecule has 1 saturated carbocycles. The number of carbonyl (C=O) groups is 1. The molecule has 0 aromatic heterocycles. The summed E-state index contributed by atoms with van der Waals surface area (Å²) in [6, 6.07) is 0. The molecule has 104 valence electrons. The van der Waals surface area contributed by atoms with Crippen LogP contribution in [0.5, 0.6) is 0 Å². The van der Waals surface area contributed by atoms with Crippen LogP contribution in [-0.4, -0.2) is 38.9 Å². The van der Waals surface area contributed by atoms with E-state index < -0.39 is 0 Å². The summed E-state index contributed by atoms with van der Waals surface area (Å²) in [7, 11) is 1.39. The summed E-state index contributed by atoms with van der Waals surface area (Å²) in [6.45, 7) is 4.00. The highest BCUT2D eigenvalue weighted by atomic mass is 16.5. The predicted octanol–water partition coefficient (Wildman–Crippen LogP) is 2.04. The summed E-state index contributed by atoms with van der Waals surface area (Å²) < 4.78 is 10.4. The lowest BCUT2D eigenvalue weighted by molar-refractivity contribution is -0.136. The van der Waals surface area contributed by atoms with E-state index in [1.54, 1.807) is 6.92 Å². The van der Waals surface area contributed by atoms with Crippen LogP contribution in [0, 0.1) is 0 Å². The summed E-state index contributed by atoms with van der Waals surface area (Å²) >= 11 is 0. The fraction of sp³-hybridized carbons (Fsp3) is 0.786. The molecule has 0 heterocycles. The Balaban J connectivity index is 1.99. The van der Waals surface area contributed by atoms with E-state index in [1.807, 2.05) is 6.08 Å². The quantitative estimate of drug-likeness (QED) is 0.430. The third kappa shape index (κ3) is 6.17. The average Bonchev–Trinajstić information content (AvgIpc) is 2.42. The van der Waals surface area contributed by atoms with Crippen molar-refractivity contribution in [2.75, 3.05) is 26.8 Å². The molecular formula is C14H25NO3. The Kier molecular flexibility index (Phi) is 7.69. The van der Waals surface area contributed by atoms with Gasteiger partial charge in [-0.25, -0.2) is 4.79 Å². The molecule has 18 heavy (non-hydrogen) atoms. The summed E-state index contributed by atoms with van der Waals surface area (Å²) in [5.41, 5.74) is 0.637. The molecule has 1 N–H and O–H groups in total. The maximum Gasteiger partial charge on any atom is 0.333 e. The van der Waals surface area contributed by atoms with Crippen molar-refractivity contribution in [3.05, 3.63) is 11.6 Å². The van der Waals surface area contributed by atoms with Crippen molar-refractivity contribution in [3.63, 3.8) is 0 Å². The number of ether oxygens (including phenoxy) is 2. The zero-order valence-corrected chi connectivity index (χ0v) is 11.5. The first-order valence-electron chi connectivity index (χ1n) is 6.81. The predicted molar refractivity (Wildman–Crippen MR) is 71.5 cm³/mol. The van der Waals surface area contributed by atoms with Crippen molar-refractivity contribution in [3.8, 4) is 0 Å². The van der Waals surface area contributed by atoms with Gasteiger partial charge in [-0.3, -0.25) is 0 Å². The summed E-state index contributed by atoms with van der Waals surface area (Å²) in [5.74, 6) is -0.268. The van der Waals surface area contributed by atoms with Crippen LogP contribution in [0.15, 0.2) is 11.6 Å². The average molecular weight is 255 g/mol. The molecule has 0 aliphatic heterocycles. The maximum atomic E-state index is 11.1. The van der Waals surface area contributed by atoms with Gasteiger partial charge in [0.15, 0.2) is 0 Å². The van der Waals surface area contributed by atoms with E-state index in [1.165, 1.54) is 39.2 Å². The Hall–Kier alpha value is -0.870. The second kappa shape index (κ2) is 9.11. The molecular weight excluding hydrogens is 230 g/mol. The van der Waals surface area contributed by atoms with Crippen molar-refractivity contribution < 1.29 is 14.3 Å². The molecule has 0 bridgehead atoms. The van der Waals surface area contributed by atoms with Crippen LogP contribution in [0.2, 0.25) is 0 Å². The van der Waals surface area contributed by atoms with E-state index in [0.29, 0.717) is 18.2 Å². The smallest absolute Gasteiger partial charge is 0.333 e. The molecule has 0 amide bonds. The van der Waals surface area contributed by atoms with Gasteiger partial charge in [-0.05, 0) is 19.8 Å². The minimum atomic E-state index is -0.268. The zero-order valence-electron chi connectivity index (χ0n) is 11.5. The number of hydrogen-bond donors (Lipinski definition) is 1. The zero-order chi connectivity index (χ0) is 13.2. The number of hydrogen-bond acceptors (Lipinski definition) is 4. The molecule has 1 rings (SSSR count). The number of nitrogens with one attached hydrogen (secondary N) is 1. The van der Waals surface area contributed by atoms with Crippen LogP contribution in [0.4, 0.5) is 0 Å². The third-order valence-electron chi connectivity index (χ3n) is 3.24. The van der Waals surface area contributed by atoms with E-state index >= 15 is 0 Å². The molecule has 0 aromatic carbocycles. The summed E-state index contributed by atoms with van der Waals surface area (Å²) in [4.78, 5) is 11.1. The van der Waals surface area contributed by atoms with E-state index in [9.17, 15) is 4.79 Å². The standard InChI is InChI=1S/C14H25NO3/c1-12(14(16)17-2)8-9-15-10-11-18-13-6-4-3-5-7-13/h8,13,15H,3-7,9-11H2,1-2H3. The Morgan fingerprint density at radius 2 is 2.06 bits per heavy atom. The Labute approximate surface area is 110 Å². The van der Waals surface area contributed by atoms with Gasteiger partial charge >= 0.3 is 5.97 Å². The van der Waals surface area contributed by atoms with Crippen LogP contribution in [0.25, 0.3) is 0 Å². The second-order valence-corrected chi connectivity index (χ2v) is 4.71. The minimum Gasteiger partial charge on any atom is -0.466 e. The van der Waals surface area contributed by atoms with E-state index in [-0.39, 0.29) is 5.97 Å². The molecule has 0 aromatic rings. The van der Waals surface area contributed by atoms with Gasteiger partial charge in [-0.1, -0.05) is 25.3 Å². The summed E-state index contributed by atoms with van der Waals surface area (Å²) in [5, 5.41) is 3.23. The monoisotopic (exact) mass is 255 g/mol. The molecule has 4 nitrogen and oxygen atoms in total. The normalized spacial score (nSPS) is 17.8. The van der Waals surface area contributed by atoms with Crippen LogP contribution in [0.3, 0.4) is 0 Å². The van der Waals surface area contributed by atoms with Gasteiger partial charge in [-0.15, -0.1) is 0 Å². The lowest BCUT2D eigenvalue weighted by Gasteiger charge is -2.21. The molecule has 1 fully saturated rings. The molecule has 0 unspecified atom stereocenters. The van der Waals surface area contributed by atoms with Crippen molar-refractivity contribution in [1.29, 1.82) is 0 Å². The van der Waals surface area contributed by atoms with Gasteiger partial charge in [0, 0.05) is 18.7 Å². The number of carbonyl (C=O) groups excluding carboxylic acids is 1. The van der Waals surface area contributed by atoms with Gasteiger partial charge in [0.05, 0.1) is 19.8 Å². The van der Waals surface area contributed by atoms with E-state index in [2.05, 4.69) is 10.1 Å². The molecule has 0 saturated heterocycles. The Morgan fingerprint density at radius 3 is 2.72 bits per heavy atom. The van der Waals surface area contributed by atoms with Crippen LogP contribution in [0.1, 0.15) is 39.0 Å². The fourth-order valence-corrected chi connectivity index (χ4v) is 2.10. The van der Waals surface area contributed by atoms with Gasteiger partial charge in [-0.2, -0.15) is 0 Å². The molecule has 0 radical (unpaired) electrons. The van der Waals surface area contributed by atoms with Crippen LogP contribution < -0.4 is 5.32 Å². The molecule has 1 aliphatic carbocycles. The number of rotatable bonds is 7.